The summed E-state index contributed by atoms with van der Waals surface area (Å²) >= 11 is 1.52. The summed E-state index contributed by atoms with van der Waals surface area (Å²) in [5, 5.41) is 33.0. The minimum Gasteiger partial charge on any atom is -0.496 e. The van der Waals surface area contributed by atoms with Crippen molar-refractivity contribution in [2.75, 3.05) is 7.11 Å². The molecule has 4 aliphatic carbocycles. The summed E-state index contributed by atoms with van der Waals surface area (Å²) in [5.74, 6) is 0.896. The molecule has 2 aromatic rings. The molecule has 1 aliphatic heterocycles. The van der Waals surface area contributed by atoms with Crippen LogP contribution in [0.5, 0.6) is 5.75 Å². The summed E-state index contributed by atoms with van der Waals surface area (Å²) in [4.78, 5) is 24.3. The quantitative estimate of drug-likeness (QED) is 0.187. The van der Waals surface area contributed by atoms with Crippen molar-refractivity contribution in [2.24, 2.45) is 46.3 Å². The molecule has 12 atom stereocenters. The molecule has 11 heteroatoms. The zero-order chi connectivity index (χ0) is 35.6. The van der Waals surface area contributed by atoms with Crippen LogP contribution in [0.25, 0.3) is 11.8 Å². The molecule has 272 valence electrons. The fourth-order valence-corrected chi connectivity index (χ4v) is 13.3. The second-order valence-electron chi connectivity index (χ2n) is 16.1. The van der Waals surface area contributed by atoms with Gasteiger partial charge in [-0.2, -0.15) is 0 Å². The number of phosphoric acid groups is 1. The van der Waals surface area contributed by atoms with Gasteiger partial charge in [0, 0.05) is 16.9 Å². The number of fused-ring (bicyclic) bond motifs is 7. The molecular formula is C39H51O9PS. The lowest BCUT2D eigenvalue weighted by atomic mass is 9.43. The van der Waals surface area contributed by atoms with Crippen molar-refractivity contribution in [2.45, 2.75) is 107 Å². The van der Waals surface area contributed by atoms with Gasteiger partial charge in [0.2, 0.25) is 0 Å². The number of benzene rings is 2. The Kier molecular flexibility index (Phi) is 9.79. The average molecular weight is 727 g/mol. The third-order valence-electron chi connectivity index (χ3n) is 13.7. The number of carboxylic acid groups (broad SMARTS) is 1. The highest BCUT2D eigenvalue weighted by Crippen LogP contribution is 2.69. The van der Waals surface area contributed by atoms with Gasteiger partial charge in [0.05, 0.1) is 30.3 Å². The van der Waals surface area contributed by atoms with Gasteiger partial charge in [-0.3, -0.25) is 14.2 Å². The van der Waals surface area contributed by atoms with E-state index in [1.54, 1.807) is 13.2 Å². The summed E-state index contributed by atoms with van der Waals surface area (Å²) in [7, 11) is -2.97. The van der Waals surface area contributed by atoms with E-state index in [1.165, 1.54) is 11.8 Å². The van der Waals surface area contributed by atoms with Crippen LogP contribution in [0, 0.1) is 46.3 Å². The van der Waals surface area contributed by atoms with Crippen molar-refractivity contribution < 1.29 is 43.4 Å². The largest absolute Gasteiger partial charge is 0.527 e. The van der Waals surface area contributed by atoms with E-state index >= 15 is 0 Å². The number of rotatable bonds is 9. The molecule has 0 aromatic heterocycles. The van der Waals surface area contributed by atoms with Gasteiger partial charge in [-0.1, -0.05) is 56.8 Å². The van der Waals surface area contributed by atoms with Gasteiger partial charge in [-0.15, -0.1) is 0 Å². The SMILES string of the molecule is COc1cccc2c1Sc1ccccc1C=C2OP(=O)(O)O[C@@H]1CC[C@@]2(C)C(C1)C[C@@H](O)[C@H]1[C@@H]3CCC([C@H](C)CCC(=O)O)[C@@]3(C)[C@@H](O)C[C@@H]12. The summed E-state index contributed by atoms with van der Waals surface area (Å²) in [6.45, 7) is 6.60. The maximum atomic E-state index is 13.8. The van der Waals surface area contributed by atoms with Crippen molar-refractivity contribution in [1.29, 1.82) is 0 Å². The number of carboxylic acids is 1. The van der Waals surface area contributed by atoms with Crippen molar-refractivity contribution in [3.63, 3.8) is 0 Å². The Labute approximate surface area is 299 Å². The Morgan fingerprint density at radius 2 is 1.82 bits per heavy atom. The summed E-state index contributed by atoms with van der Waals surface area (Å²) in [5.41, 5.74) is 0.992. The topological polar surface area (TPSA) is 143 Å². The molecule has 4 N–H and O–H groups in total. The predicted molar refractivity (Wildman–Crippen MR) is 191 cm³/mol. The van der Waals surface area contributed by atoms with E-state index in [-0.39, 0.29) is 58.5 Å². The highest BCUT2D eigenvalue weighted by atomic mass is 32.2. The monoisotopic (exact) mass is 726 g/mol. The molecular weight excluding hydrogens is 675 g/mol. The Hall–Kier alpha value is -2.33. The molecule has 3 unspecified atom stereocenters. The van der Waals surface area contributed by atoms with Gasteiger partial charge in [-0.05, 0) is 128 Å². The van der Waals surface area contributed by atoms with Crippen LogP contribution in [0.3, 0.4) is 0 Å². The Balaban J connectivity index is 1.07. The van der Waals surface area contributed by atoms with E-state index in [4.69, 9.17) is 13.8 Å². The van der Waals surface area contributed by atoms with Gasteiger partial charge < -0.3 is 24.6 Å². The molecule has 0 amide bonds. The number of aliphatic carboxylic acids is 1. The van der Waals surface area contributed by atoms with Gasteiger partial charge in [0.15, 0.2) is 0 Å². The second-order valence-corrected chi connectivity index (χ2v) is 18.4. The van der Waals surface area contributed by atoms with E-state index in [2.05, 4.69) is 20.8 Å². The number of hydrogen-bond acceptors (Lipinski definition) is 8. The number of ether oxygens (including phenoxy) is 1. The fourth-order valence-electron chi connectivity index (χ4n) is 11.2. The maximum absolute atomic E-state index is 13.8. The molecule has 5 aliphatic rings. The van der Waals surface area contributed by atoms with E-state index in [9.17, 15) is 29.6 Å². The minimum absolute atomic E-state index is 0.0612. The van der Waals surface area contributed by atoms with Crippen LogP contribution in [-0.4, -0.2) is 51.6 Å². The maximum Gasteiger partial charge on any atom is 0.527 e. The zero-order valence-electron chi connectivity index (χ0n) is 29.4. The molecule has 50 heavy (non-hydrogen) atoms. The first-order chi connectivity index (χ1) is 23.7. The summed E-state index contributed by atoms with van der Waals surface area (Å²) in [6.07, 6.45) is 5.83. The van der Waals surface area contributed by atoms with Crippen LogP contribution in [-0.2, 0) is 18.4 Å². The molecule has 0 bridgehead atoms. The van der Waals surface area contributed by atoms with E-state index in [1.807, 2.05) is 42.5 Å². The second kappa shape index (κ2) is 13.6. The lowest BCUT2D eigenvalue weighted by molar-refractivity contribution is -0.206. The van der Waals surface area contributed by atoms with Gasteiger partial charge in [0.25, 0.3) is 0 Å². The number of methoxy groups -OCH3 is 1. The third kappa shape index (κ3) is 6.26. The van der Waals surface area contributed by atoms with Crippen LogP contribution in [0.1, 0.15) is 89.7 Å². The van der Waals surface area contributed by atoms with Crippen molar-refractivity contribution in [1.82, 2.24) is 0 Å². The molecule has 0 spiro atoms. The fraction of sp³-hybridized carbons (Fsp3) is 0.615. The molecule has 1 heterocycles. The third-order valence-corrected chi connectivity index (χ3v) is 15.9. The standard InChI is InChI=1S/C39H51O9PS/c1-22(12-15-35(42)43)27-13-14-28-36-29(21-34(41)39(27,28)3)38(2)17-16-25(19-24(38)20-30(36)40)47-49(44,45)48-32-18-23-8-5-6-11-33(23)50-37-26(32)9-7-10-31(37)46-4/h5-11,18,22,24-25,27-30,34,36,40-41H,12-17,19-21H2,1-4H3,(H,42,43)(H,44,45)/t22-,24?,25-,27?,28+,29+,30-,34+,36+,38+,39-/m1/s1. The van der Waals surface area contributed by atoms with Gasteiger partial charge >= 0.3 is 13.8 Å². The number of carbonyl (C=O) groups is 1. The predicted octanol–water partition coefficient (Wildman–Crippen LogP) is 8.26. The highest BCUT2D eigenvalue weighted by molar-refractivity contribution is 7.99. The Bertz CT molecular complexity index is 1700. The molecule has 7 rings (SSSR count). The number of hydrogen-bond donors (Lipinski definition) is 4. The highest BCUT2D eigenvalue weighted by Gasteiger charge is 2.66. The Morgan fingerprint density at radius 3 is 2.58 bits per heavy atom. The molecule has 2 aromatic carbocycles. The summed E-state index contributed by atoms with van der Waals surface area (Å²) < 4.78 is 31.3. The lowest BCUT2D eigenvalue weighted by Crippen LogP contribution is -2.62. The first-order valence-electron chi connectivity index (χ1n) is 18.2. The van der Waals surface area contributed by atoms with Gasteiger partial charge in [0.1, 0.15) is 11.5 Å². The van der Waals surface area contributed by atoms with Crippen LogP contribution in [0.15, 0.2) is 52.3 Å². The van der Waals surface area contributed by atoms with Crippen molar-refractivity contribution >= 4 is 37.4 Å². The molecule has 4 saturated carbocycles. The molecule has 4 fully saturated rings. The molecule has 9 nitrogen and oxygen atoms in total. The van der Waals surface area contributed by atoms with E-state index in [0.29, 0.717) is 43.4 Å². The first-order valence-corrected chi connectivity index (χ1v) is 20.5. The Morgan fingerprint density at radius 1 is 1.04 bits per heavy atom. The molecule has 0 saturated heterocycles. The van der Waals surface area contributed by atoms with Crippen molar-refractivity contribution in [3.8, 4) is 5.75 Å². The zero-order valence-corrected chi connectivity index (χ0v) is 31.1. The van der Waals surface area contributed by atoms with Crippen molar-refractivity contribution in [3.05, 3.63) is 53.6 Å². The lowest BCUT2D eigenvalue weighted by Gasteiger charge is -2.63. The average Bonchev–Trinajstić information content (AvgIpc) is 3.35. The number of phosphoric ester groups is 1. The van der Waals surface area contributed by atoms with Crippen LogP contribution in [0.2, 0.25) is 0 Å². The van der Waals surface area contributed by atoms with E-state index in [0.717, 1.165) is 34.6 Å². The van der Waals surface area contributed by atoms with Crippen LogP contribution >= 0.6 is 19.6 Å². The smallest absolute Gasteiger partial charge is 0.496 e. The van der Waals surface area contributed by atoms with Crippen LogP contribution in [0.4, 0.5) is 0 Å². The minimum atomic E-state index is -4.57. The normalized spacial score (nSPS) is 37.7. The summed E-state index contributed by atoms with van der Waals surface area (Å²) in [6, 6.07) is 13.3. The number of aliphatic hydroxyl groups excluding tert-OH is 2. The van der Waals surface area contributed by atoms with Crippen LogP contribution < -0.4 is 4.74 Å². The molecule has 0 radical (unpaired) electrons. The first kappa shape index (κ1) is 36.0. The van der Waals surface area contributed by atoms with E-state index < -0.39 is 32.1 Å². The number of aliphatic hydroxyl groups is 2. The van der Waals surface area contributed by atoms with Gasteiger partial charge in [-0.25, -0.2) is 4.57 Å².